The van der Waals surface area contributed by atoms with Gasteiger partial charge in [0.05, 0.1) is 5.69 Å². The largest absolute Gasteiger partial charge is 0.473 e. The van der Waals surface area contributed by atoms with Crippen molar-refractivity contribution in [3.05, 3.63) is 70.8 Å². The summed E-state index contributed by atoms with van der Waals surface area (Å²) in [6, 6.07) is 17.5. The van der Waals surface area contributed by atoms with Crippen LogP contribution in [-0.4, -0.2) is 56.1 Å². The van der Waals surface area contributed by atoms with Crippen molar-refractivity contribution in [2.75, 3.05) is 18.4 Å². The van der Waals surface area contributed by atoms with Gasteiger partial charge >= 0.3 is 0 Å². The van der Waals surface area contributed by atoms with Gasteiger partial charge in [-0.3, -0.25) is 4.90 Å². The summed E-state index contributed by atoms with van der Waals surface area (Å²) in [5.41, 5.74) is 6.92. The lowest BCUT2D eigenvalue weighted by molar-refractivity contribution is -0.187. The van der Waals surface area contributed by atoms with Crippen molar-refractivity contribution < 1.29 is 14.9 Å². The lowest BCUT2D eigenvalue weighted by Crippen LogP contribution is -2.46. The van der Waals surface area contributed by atoms with Crippen LogP contribution >= 0.6 is 0 Å². The summed E-state index contributed by atoms with van der Waals surface area (Å²) in [7, 11) is 0. The minimum Gasteiger partial charge on any atom is -0.473 e. The number of aromatic nitrogens is 2. The molecule has 6 rings (SSSR count). The number of aryl methyl sites for hydroxylation is 2. The van der Waals surface area contributed by atoms with Crippen LogP contribution in [0.3, 0.4) is 0 Å². The molecule has 2 aromatic carbocycles. The molecular weight excluding hydrogens is 476 g/mol. The Kier molecular flexibility index (Phi) is 6.84. The minimum absolute atomic E-state index is 0.0333. The molecule has 1 aromatic heterocycles. The fourth-order valence-electron chi connectivity index (χ4n) is 6.55. The summed E-state index contributed by atoms with van der Waals surface area (Å²) in [6.45, 7) is 6.67. The highest BCUT2D eigenvalue weighted by Gasteiger charge is 2.36. The summed E-state index contributed by atoms with van der Waals surface area (Å²) >= 11 is 0. The Hall–Kier alpha value is -3.00. The van der Waals surface area contributed by atoms with Crippen molar-refractivity contribution in [1.29, 1.82) is 0 Å². The molecule has 3 aromatic rings. The van der Waals surface area contributed by atoms with Crippen LogP contribution in [0.1, 0.15) is 66.7 Å². The highest BCUT2D eigenvalue weighted by molar-refractivity contribution is 5.69. The zero-order valence-corrected chi connectivity index (χ0v) is 22.4. The quantitative estimate of drug-likeness (QED) is 0.418. The number of rotatable bonds is 2. The Morgan fingerprint density at radius 1 is 0.974 bits per heavy atom. The van der Waals surface area contributed by atoms with Crippen LogP contribution in [0.5, 0.6) is 5.88 Å². The fraction of sp³-hybridized carbons (Fsp3) is 0.484. The summed E-state index contributed by atoms with van der Waals surface area (Å²) < 4.78 is 6.72. The van der Waals surface area contributed by atoms with Gasteiger partial charge in [0.2, 0.25) is 11.8 Å². The van der Waals surface area contributed by atoms with Gasteiger partial charge < -0.3 is 20.3 Å². The van der Waals surface area contributed by atoms with Crippen LogP contribution in [0.25, 0.3) is 11.3 Å². The van der Waals surface area contributed by atoms with Crippen molar-refractivity contribution in [2.45, 2.75) is 82.8 Å². The van der Waals surface area contributed by atoms with Gasteiger partial charge in [-0.25, -0.2) is 4.98 Å². The molecule has 7 heteroatoms. The van der Waals surface area contributed by atoms with E-state index in [4.69, 9.17) is 14.7 Å². The number of fused-ring (bicyclic) bond motifs is 7. The van der Waals surface area contributed by atoms with E-state index < -0.39 is 5.79 Å². The van der Waals surface area contributed by atoms with Crippen LogP contribution in [0, 0.1) is 13.8 Å². The molecule has 3 N–H and O–H groups in total. The topological polar surface area (TPSA) is 90.7 Å². The number of benzene rings is 2. The SMILES string of the molecule is Cc1cccc(C)c1-c1cc2nc(n1)NCc1cccc(c1)C1CCN(C3CCC(O)(O)CC3)C[C@@H](C1)O2. The Morgan fingerprint density at radius 3 is 2.53 bits per heavy atom. The molecule has 7 nitrogen and oxygen atoms in total. The summed E-state index contributed by atoms with van der Waals surface area (Å²) in [4.78, 5) is 12.2. The van der Waals surface area contributed by atoms with Crippen LogP contribution in [0.2, 0.25) is 0 Å². The molecule has 3 aliphatic rings. The van der Waals surface area contributed by atoms with E-state index in [0.717, 1.165) is 50.0 Å². The monoisotopic (exact) mass is 514 g/mol. The number of hydrogen-bond acceptors (Lipinski definition) is 7. The van der Waals surface area contributed by atoms with Crippen molar-refractivity contribution in [2.24, 2.45) is 0 Å². The fourth-order valence-corrected chi connectivity index (χ4v) is 6.55. The smallest absolute Gasteiger partial charge is 0.226 e. The number of likely N-dealkylation sites (tertiary alicyclic amines) is 1. The zero-order valence-electron chi connectivity index (χ0n) is 22.4. The Labute approximate surface area is 224 Å². The van der Waals surface area contributed by atoms with Crippen molar-refractivity contribution in [3.63, 3.8) is 0 Å². The highest BCUT2D eigenvalue weighted by Crippen LogP contribution is 2.36. The summed E-state index contributed by atoms with van der Waals surface area (Å²) in [5, 5.41) is 23.6. The standard InChI is InChI=1S/C31H38N4O3/c1-20-5-3-6-21(2)29(20)27-17-28-34-30(33-27)32-18-22-7-4-8-23(15-22)24-11-14-35(19-26(16-24)38-28)25-9-12-31(36,37)13-10-25/h3-8,15,17,24-26,36-37H,9-14,16,18-19H2,1-2H3,(H,32,33,34)/t24?,26-/m1/s1. The summed E-state index contributed by atoms with van der Waals surface area (Å²) in [5.74, 6) is 0.0402. The van der Waals surface area contributed by atoms with Gasteiger partial charge in [0.25, 0.3) is 0 Å². The van der Waals surface area contributed by atoms with E-state index in [2.05, 4.69) is 66.5 Å². The van der Waals surface area contributed by atoms with E-state index in [1.54, 1.807) is 0 Å². The molecule has 1 saturated carbocycles. The number of anilines is 1. The number of aliphatic hydroxyl groups is 2. The highest BCUT2D eigenvalue weighted by atomic mass is 16.5. The average molecular weight is 515 g/mol. The molecule has 38 heavy (non-hydrogen) atoms. The third kappa shape index (κ3) is 5.41. The predicted octanol–water partition coefficient (Wildman–Crippen LogP) is 4.94. The molecule has 0 spiro atoms. The van der Waals surface area contributed by atoms with E-state index in [-0.39, 0.29) is 6.10 Å². The molecule has 3 heterocycles. The van der Waals surface area contributed by atoms with Gasteiger partial charge in [0.1, 0.15) is 6.10 Å². The lowest BCUT2D eigenvalue weighted by Gasteiger charge is -2.38. The second-order valence-electron chi connectivity index (χ2n) is 11.5. The third-order valence-corrected chi connectivity index (χ3v) is 8.62. The van der Waals surface area contributed by atoms with Gasteiger partial charge in [0.15, 0.2) is 5.79 Å². The van der Waals surface area contributed by atoms with E-state index in [1.165, 1.54) is 22.3 Å². The van der Waals surface area contributed by atoms with E-state index >= 15 is 0 Å². The molecule has 200 valence electrons. The third-order valence-electron chi connectivity index (χ3n) is 8.62. The van der Waals surface area contributed by atoms with Crippen LogP contribution < -0.4 is 10.1 Å². The maximum absolute atomic E-state index is 10.1. The minimum atomic E-state index is -1.52. The molecule has 1 unspecified atom stereocenters. The van der Waals surface area contributed by atoms with Crippen LogP contribution in [0.4, 0.5) is 5.95 Å². The first-order valence-corrected chi connectivity index (χ1v) is 14.0. The number of nitrogens with one attached hydrogen (secondary N) is 1. The van der Waals surface area contributed by atoms with Gasteiger partial charge in [-0.15, -0.1) is 0 Å². The van der Waals surface area contributed by atoms with Gasteiger partial charge in [-0.2, -0.15) is 4.98 Å². The van der Waals surface area contributed by atoms with Crippen molar-refractivity contribution in [1.82, 2.24) is 14.9 Å². The second-order valence-corrected chi connectivity index (χ2v) is 11.5. The number of hydrogen-bond donors (Lipinski definition) is 3. The lowest BCUT2D eigenvalue weighted by atomic mass is 9.89. The normalized spacial score (nSPS) is 23.8. The average Bonchev–Trinajstić information content (AvgIpc) is 3.10. The molecule has 0 radical (unpaired) electrons. The van der Waals surface area contributed by atoms with Crippen LogP contribution in [0.15, 0.2) is 48.5 Å². The Morgan fingerprint density at radius 2 is 1.74 bits per heavy atom. The van der Waals surface area contributed by atoms with Gasteiger partial charge in [-0.05, 0) is 74.2 Å². The van der Waals surface area contributed by atoms with Crippen LogP contribution in [-0.2, 0) is 6.54 Å². The van der Waals surface area contributed by atoms with Gasteiger partial charge in [0, 0.05) is 43.6 Å². The van der Waals surface area contributed by atoms with E-state index in [1.807, 2.05) is 6.07 Å². The number of nitrogens with zero attached hydrogens (tertiary/aromatic N) is 3. The first-order chi connectivity index (χ1) is 18.3. The number of ether oxygens (including phenoxy) is 1. The van der Waals surface area contributed by atoms with E-state index in [9.17, 15) is 10.2 Å². The first-order valence-electron chi connectivity index (χ1n) is 14.0. The van der Waals surface area contributed by atoms with Crippen molar-refractivity contribution >= 4 is 5.95 Å². The molecule has 0 amide bonds. The van der Waals surface area contributed by atoms with Crippen molar-refractivity contribution in [3.8, 4) is 17.1 Å². The second kappa shape index (κ2) is 10.3. The summed E-state index contributed by atoms with van der Waals surface area (Å²) in [6.07, 6.45) is 4.36. The molecule has 1 aliphatic carbocycles. The molecule has 1 saturated heterocycles. The maximum atomic E-state index is 10.1. The molecule has 2 aliphatic heterocycles. The molecule has 6 bridgehead atoms. The first kappa shape index (κ1) is 25.3. The molecular formula is C31H38N4O3. The molecule has 2 fully saturated rings. The predicted molar refractivity (Wildman–Crippen MR) is 148 cm³/mol. The maximum Gasteiger partial charge on any atom is 0.226 e. The molecule has 2 atom stereocenters. The van der Waals surface area contributed by atoms with E-state index in [0.29, 0.717) is 43.2 Å². The zero-order chi connectivity index (χ0) is 26.3. The Balaban J connectivity index is 1.37. The Bertz CT molecular complexity index is 1280. The van der Waals surface area contributed by atoms with Gasteiger partial charge in [-0.1, -0.05) is 42.5 Å².